The predicted octanol–water partition coefficient (Wildman–Crippen LogP) is 1.83. The van der Waals surface area contributed by atoms with Gasteiger partial charge in [0.05, 0.1) is 10.5 Å². The second-order valence-corrected chi connectivity index (χ2v) is 7.97. The molecule has 3 rings (SSSR count). The normalized spacial score (nSPS) is 19.0. The van der Waals surface area contributed by atoms with E-state index in [1.165, 1.54) is 16.4 Å². The summed E-state index contributed by atoms with van der Waals surface area (Å²) in [6, 6.07) is 6.01. The quantitative estimate of drug-likeness (QED) is 0.848. The molecule has 1 amide bonds. The van der Waals surface area contributed by atoms with E-state index < -0.39 is 15.9 Å². The molecule has 0 radical (unpaired) electrons. The largest absolute Gasteiger partial charge is 0.474 e. The Kier molecular flexibility index (Phi) is 5.53. The van der Waals surface area contributed by atoms with Gasteiger partial charge in [0.2, 0.25) is 21.8 Å². The lowest BCUT2D eigenvalue weighted by Gasteiger charge is -2.31. The monoisotopic (exact) mass is 375 g/mol. The van der Waals surface area contributed by atoms with Crippen LogP contribution in [0.5, 0.6) is 0 Å². The Balaban J connectivity index is 1.68. The van der Waals surface area contributed by atoms with Crippen molar-refractivity contribution in [2.75, 3.05) is 13.1 Å². The Morgan fingerprint density at radius 3 is 2.69 bits per heavy atom. The van der Waals surface area contributed by atoms with Gasteiger partial charge in [-0.25, -0.2) is 13.4 Å². The van der Waals surface area contributed by atoms with E-state index in [0.717, 1.165) is 6.42 Å². The average Bonchev–Trinajstić information content (AvgIpc) is 2.91. The number of nitrogens with zero attached hydrogens (tertiary/aromatic N) is 2. The molecule has 0 saturated carbocycles. The zero-order valence-corrected chi connectivity index (χ0v) is 15.1. The van der Waals surface area contributed by atoms with Gasteiger partial charge < -0.3 is 10.5 Å². The van der Waals surface area contributed by atoms with Crippen LogP contribution in [0.1, 0.15) is 29.6 Å². The number of sulfonamides is 1. The molecule has 0 aromatic heterocycles. The van der Waals surface area contributed by atoms with Crippen molar-refractivity contribution in [3.8, 4) is 0 Å². The molecule has 0 spiro atoms. The fraction of sp³-hybridized carbons (Fsp3) is 0.333. The fourth-order valence-electron chi connectivity index (χ4n) is 2.95. The van der Waals surface area contributed by atoms with Crippen molar-refractivity contribution >= 4 is 22.1 Å². The molecule has 26 heavy (non-hydrogen) atoms. The van der Waals surface area contributed by atoms with E-state index in [-0.39, 0.29) is 16.6 Å². The summed E-state index contributed by atoms with van der Waals surface area (Å²) in [5, 5.41) is 0. The second kappa shape index (κ2) is 7.84. The van der Waals surface area contributed by atoms with Gasteiger partial charge in [0.15, 0.2) is 0 Å². The molecule has 1 fully saturated rings. The van der Waals surface area contributed by atoms with Gasteiger partial charge in [-0.3, -0.25) is 4.79 Å². The highest BCUT2D eigenvalue weighted by molar-refractivity contribution is 7.89. The third-order valence-corrected chi connectivity index (χ3v) is 6.27. The van der Waals surface area contributed by atoms with Crippen LogP contribution < -0.4 is 5.73 Å². The first-order chi connectivity index (χ1) is 12.5. The summed E-state index contributed by atoms with van der Waals surface area (Å²) in [5.41, 5.74) is 5.32. The average molecular weight is 375 g/mol. The Hall–Kier alpha value is -2.45. The number of carbonyl (C=O) groups is 1. The number of piperidine rings is 1. The summed E-state index contributed by atoms with van der Waals surface area (Å²) in [4.78, 5) is 15.7. The number of ether oxygens (including phenoxy) is 1. The zero-order chi connectivity index (χ0) is 18.6. The van der Waals surface area contributed by atoms with E-state index in [1.807, 2.05) is 18.2 Å². The third kappa shape index (κ3) is 4.03. The Morgan fingerprint density at radius 2 is 1.96 bits per heavy atom. The molecule has 1 aromatic rings. The predicted molar refractivity (Wildman–Crippen MR) is 98.2 cm³/mol. The fourth-order valence-corrected chi connectivity index (χ4v) is 4.62. The SMILES string of the molecule is NC(=O)c1ccccc1S(=O)(=O)N1CCC(OC2=CCC=CC=N2)CC1. The van der Waals surface area contributed by atoms with Gasteiger partial charge in [-0.05, 0) is 43.5 Å². The van der Waals surface area contributed by atoms with Gasteiger partial charge in [0, 0.05) is 19.3 Å². The molecule has 2 N–H and O–H groups in total. The number of carbonyl (C=O) groups excluding carboxylic acids is 1. The summed E-state index contributed by atoms with van der Waals surface area (Å²) in [6.45, 7) is 0.630. The number of amides is 1. The number of hydrogen-bond donors (Lipinski definition) is 1. The molecule has 0 aliphatic carbocycles. The number of hydrogen-bond acceptors (Lipinski definition) is 5. The van der Waals surface area contributed by atoms with Crippen molar-refractivity contribution in [3.05, 3.63) is 53.9 Å². The second-order valence-electron chi connectivity index (χ2n) is 6.07. The van der Waals surface area contributed by atoms with Crippen LogP contribution in [0.25, 0.3) is 0 Å². The molecule has 1 aromatic carbocycles. The Morgan fingerprint density at radius 1 is 1.23 bits per heavy atom. The molecule has 2 aliphatic heterocycles. The summed E-state index contributed by atoms with van der Waals surface area (Å²) in [5.74, 6) is -0.190. The standard InChI is InChI=1S/C18H21N3O4S/c19-18(22)15-6-3-4-7-16(15)26(23,24)21-12-9-14(10-13-21)25-17-8-2-1-5-11-20-17/h1,3-8,11,14H,2,9-10,12-13H2,(H2,19,22). The smallest absolute Gasteiger partial charge is 0.250 e. The molecule has 138 valence electrons. The molecule has 0 unspecified atom stereocenters. The van der Waals surface area contributed by atoms with Crippen LogP contribution in [-0.4, -0.2) is 44.0 Å². The van der Waals surface area contributed by atoms with Crippen molar-refractivity contribution in [1.29, 1.82) is 0 Å². The number of rotatable bonds is 5. The maximum atomic E-state index is 12.9. The highest BCUT2D eigenvalue weighted by atomic mass is 32.2. The molecule has 1 saturated heterocycles. The van der Waals surface area contributed by atoms with Crippen LogP contribution in [-0.2, 0) is 14.8 Å². The molecular weight excluding hydrogens is 354 g/mol. The van der Waals surface area contributed by atoms with Crippen molar-refractivity contribution in [2.45, 2.75) is 30.3 Å². The topological polar surface area (TPSA) is 102 Å². The summed E-state index contributed by atoms with van der Waals surface area (Å²) in [7, 11) is -3.78. The third-order valence-electron chi connectivity index (χ3n) is 4.31. The van der Waals surface area contributed by atoms with Crippen molar-refractivity contribution in [3.63, 3.8) is 0 Å². The van der Waals surface area contributed by atoms with E-state index in [0.29, 0.717) is 31.8 Å². The molecule has 2 heterocycles. The first-order valence-electron chi connectivity index (χ1n) is 8.43. The minimum absolute atomic E-state index is 0.0105. The summed E-state index contributed by atoms with van der Waals surface area (Å²) >= 11 is 0. The maximum absolute atomic E-state index is 12.9. The van der Waals surface area contributed by atoms with Crippen LogP contribution in [0.15, 0.2) is 58.3 Å². The van der Waals surface area contributed by atoms with Gasteiger partial charge >= 0.3 is 0 Å². The van der Waals surface area contributed by atoms with Crippen LogP contribution in [0.4, 0.5) is 0 Å². The number of primary amides is 1. The number of benzene rings is 1. The highest BCUT2D eigenvalue weighted by Crippen LogP contribution is 2.25. The van der Waals surface area contributed by atoms with Crippen LogP contribution in [0.2, 0.25) is 0 Å². The van der Waals surface area contributed by atoms with E-state index in [2.05, 4.69) is 4.99 Å². The minimum atomic E-state index is -3.78. The van der Waals surface area contributed by atoms with E-state index in [1.54, 1.807) is 18.3 Å². The summed E-state index contributed by atoms with van der Waals surface area (Å²) < 4.78 is 33.0. The lowest BCUT2D eigenvalue weighted by Crippen LogP contribution is -2.41. The van der Waals surface area contributed by atoms with Crippen molar-refractivity contribution < 1.29 is 17.9 Å². The highest BCUT2D eigenvalue weighted by Gasteiger charge is 2.32. The lowest BCUT2D eigenvalue weighted by molar-refractivity contribution is 0.0698. The van der Waals surface area contributed by atoms with Gasteiger partial charge in [0.25, 0.3) is 0 Å². The van der Waals surface area contributed by atoms with Crippen molar-refractivity contribution in [1.82, 2.24) is 4.31 Å². The zero-order valence-electron chi connectivity index (χ0n) is 14.2. The van der Waals surface area contributed by atoms with E-state index >= 15 is 0 Å². The molecule has 7 nitrogen and oxygen atoms in total. The van der Waals surface area contributed by atoms with Gasteiger partial charge in [-0.1, -0.05) is 18.2 Å². The van der Waals surface area contributed by atoms with E-state index in [4.69, 9.17) is 10.5 Å². The maximum Gasteiger partial charge on any atom is 0.250 e. The van der Waals surface area contributed by atoms with Crippen LogP contribution in [0.3, 0.4) is 0 Å². The first-order valence-corrected chi connectivity index (χ1v) is 9.87. The first kappa shape index (κ1) is 18.3. The molecular formula is C18H21N3O4S. The van der Waals surface area contributed by atoms with Gasteiger partial charge in [-0.2, -0.15) is 4.31 Å². The number of aliphatic imine (C=N–C) groups is 1. The summed E-state index contributed by atoms with van der Waals surface area (Å²) in [6.07, 6.45) is 9.19. The Labute approximate surface area is 152 Å². The van der Waals surface area contributed by atoms with Gasteiger partial charge in [-0.15, -0.1) is 0 Å². The lowest BCUT2D eigenvalue weighted by atomic mass is 10.1. The minimum Gasteiger partial charge on any atom is -0.474 e. The van der Waals surface area contributed by atoms with Gasteiger partial charge in [0.1, 0.15) is 6.10 Å². The molecule has 2 aliphatic rings. The Bertz CT molecular complexity index is 866. The molecule has 0 atom stereocenters. The molecule has 8 heteroatoms. The number of nitrogens with two attached hydrogens (primary N) is 1. The van der Waals surface area contributed by atoms with Crippen LogP contribution >= 0.6 is 0 Å². The van der Waals surface area contributed by atoms with Crippen LogP contribution in [0, 0.1) is 0 Å². The number of allylic oxidation sites excluding steroid dienone is 3. The van der Waals surface area contributed by atoms with E-state index in [9.17, 15) is 13.2 Å². The van der Waals surface area contributed by atoms with Crippen molar-refractivity contribution in [2.24, 2.45) is 10.7 Å². The molecule has 0 bridgehead atoms.